The van der Waals surface area contributed by atoms with Crippen molar-refractivity contribution in [3.8, 4) is 0 Å². The van der Waals surface area contributed by atoms with Gasteiger partial charge in [-0.15, -0.1) is 0 Å². The van der Waals surface area contributed by atoms with Crippen molar-refractivity contribution < 1.29 is 18.7 Å². The summed E-state index contributed by atoms with van der Waals surface area (Å²) in [6.45, 7) is 3.84. The molecule has 31 heavy (non-hydrogen) atoms. The van der Waals surface area contributed by atoms with Crippen LogP contribution in [0, 0.1) is 5.92 Å². The zero-order valence-electron chi connectivity index (χ0n) is 17.8. The third-order valence-corrected chi connectivity index (χ3v) is 6.80. The number of hydrogen-bond acceptors (Lipinski definition) is 4. The summed E-state index contributed by atoms with van der Waals surface area (Å²) < 4.78 is 17.1. The van der Waals surface area contributed by atoms with Gasteiger partial charge in [-0.05, 0) is 42.5 Å². The van der Waals surface area contributed by atoms with Crippen molar-refractivity contribution in [1.29, 1.82) is 0 Å². The van der Waals surface area contributed by atoms with Crippen LogP contribution >= 0.6 is 0 Å². The summed E-state index contributed by atoms with van der Waals surface area (Å²) in [4.78, 5) is 16.0. The molecule has 3 aromatic rings. The molecule has 5 rings (SSSR count). The zero-order chi connectivity index (χ0) is 21.1. The highest BCUT2D eigenvalue weighted by atomic mass is 16.5. The molecule has 0 spiro atoms. The van der Waals surface area contributed by atoms with Gasteiger partial charge >= 0.3 is 0 Å². The van der Waals surface area contributed by atoms with Gasteiger partial charge in [0, 0.05) is 37.6 Å². The molecule has 1 atom stereocenters. The molecule has 3 heterocycles. The largest absolute Gasteiger partial charge is 0.464 e. The van der Waals surface area contributed by atoms with E-state index >= 15 is 0 Å². The summed E-state index contributed by atoms with van der Waals surface area (Å²) in [6.07, 6.45) is 4.06. The number of furan rings is 1. The van der Waals surface area contributed by atoms with Gasteiger partial charge in [-0.3, -0.25) is 4.79 Å². The third-order valence-electron chi connectivity index (χ3n) is 6.80. The Bertz CT molecular complexity index is 1020. The minimum atomic E-state index is -0.501. The lowest BCUT2D eigenvalue weighted by Crippen LogP contribution is -2.51. The summed E-state index contributed by atoms with van der Waals surface area (Å²) in [5, 5.41) is 1.15. The van der Waals surface area contributed by atoms with Gasteiger partial charge in [0.1, 0.15) is 5.58 Å². The van der Waals surface area contributed by atoms with Crippen molar-refractivity contribution >= 4 is 16.9 Å². The van der Waals surface area contributed by atoms with Crippen LogP contribution < -0.4 is 0 Å². The zero-order valence-corrected chi connectivity index (χ0v) is 17.8. The van der Waals surface area contributed by atoms with Crippen LogP contribution in [0.5, 0.6) is 0 Å². The first-order chi connectivity index (χ1) is 15.3. The highest BCUT2D eigenvalue weighted by Gasteiger charge is 2.44. The quantitative estimate of drug-likeness (QED) is 0.636. The third kappa shape index (κ3) is 4.00. The van der Waals surface area contributed by atoms with Crippen LogP contribution in [0.4, 0.5) is 0 Å². The minimum absolute atomic E-state index is 0.221. The van der Waals surface area contributed by atoms with Crippen LogP contribution in [-0.4, -0.2) is 50.3 Å². The lowest BCUT2D eigenvalue weighted by Gasteiger charge is -2.40. The smallest absolute Gasteiger partial charge is 0.233 e. The fourth-order valence-electron chi connectivity index (χ4n) is 5.14. The summed E-state index contributed by atoms with van der Waals surface area (Å²) in [5.41, 5.74) is 2.76. The molecule has 2 fully saturated rings. The maximum atomic E-state index is 14.0. The van der Waals surface area contributed by atoms with E-state index in [1.165, 1.54) is 5.56 Å². The molecule has 2 aromatic carbocycles. The summed E-state index contributed by atoms with van der Waals surface area (Å²) in [5.74, 6) is 0.471. The molecule has 1 amide bonds. The number of amides is 1. The van der Waals surface area contributed by atoms with Crippen LogP contribution in [0.2, 0.25) is 0 Å². The SMILES string of the molecule is O=C(N1CCOC[C@H](Cc2cccc3occc23)C1)C1(c2ccccc2)CCOCC1. The van der Waals surface area contributed by atoms with Gasteiger partial charge in [0.15, 0.2) is 0 Å². The Labute approximate surface area is 182 Å². The highest BCUT2D eigenvalue weighted by molar-refractivity contribution is 5.88. The Kier molecular flexibility index (Phi) is 5.79. The molecule has 2 saturated heterocycles. The van der Waals surface area contributed by atoms with Gasteiger partial charge in [-0.2, -0.15) is 0 Å². The molecule has 0 N–H and O–H groups in total. The van der Waals surface area contributed by atoms with Crippen molar-refractivity contribution in [3.63, 3.8) is 0 Å². The molecule has 0 saturated carbocycles. The second-order valence-electron chi connectivity index (χ2n) is 8.71. The van der Waals surface area contributed by atoms with E-state index in [0.717, 1.165) is 35.8 Å². The van der Waals surface area contributed by atoms with E-state index in [1.54, 1.807) is 6.26 Å². The normalized spacial score (nSPS) is 21.7. The molecule has 0 unspecified atom stereocenters. The molecule has 2 aliphatic heterocycles. The van der Waals surface area contributed by atoms with Crippen LogP contribution in [0.15, 0.2) is 65.3 Å². The maximum Gasteiger partial charge on any atom is 0.233 e. The van der Waals surface area contributed by atoms with E-state index in [4.69, 9.17) is 13.9 Å². The van der Waals surface area contributed by atoms with Crippen molar-refractivity contribution in [2.24, 2.45) is 5.92 Å². The van der Waals surface area contributed by atoms with Crippen LogP contribution in [0.3, 0.4) is 0 Å². The predicted octanol–water partition coefficient (Wildman–Crippen LogP) is 4.20. The first-order valence-electron chi connectivity index (χ1n) is 11.2. The first kappa shape index (κ1) is 20.3. The van der Waals surface area contributed by atoms with E-state index in [0.29, 0.717) is 39.5 Å². The first-order valence-corrected chi connectivity index (χ1v) is 11.2. The monoisotopic (exact) mass is 419 g/mol. The van der Waals surface area contributed by atoms with E-state index in [9.17, 15) is 4.79 Å². The Morgan fingerprint density at radius 2 is 1.81 bits per heavy atom. The predicted molar refractivity (Wildman–Crippen MR) is 119 cm³/mol. The fourth-order valence-corrected chi connectivity index (χ4v) is 5.14. The van der Waals surface area contributed by atoms with Gasteiger partial charge < -0.3 is 18.8 Å². The molecule has 0 bridgehead atoms. The molecule has 0 aliphatic carbocycles. The molecular formula is C26H29NO4. The van der Waals surface area contributed by atoms with Crippen molar-refractivity contribution in [1.82, 2.24) is 4.90 Å². The summed E-state index contributed by atoms with van der Waals surface area (Å²) in [7, 11) is 0. The standard InChI is InChI=1S/C26H29NO4/c28-25(26(10-14-29-15-11-26)22-6-2-1-3-7-22)27-12-16-30-19-20(18-27)17-21-5-4-8-24-23(21)9-13-31-24/h1-9,13,20H,10-12,14-19H2/t20-/m1/s1. The highest BCUT2D eigenvalue weighted by Crippen LogP contribution is 2.37. The van der Waals surface area contributed by atoms with E-state index in [2.05, 4.69) is 18.2 Å². The number of fused-ring (bicyclic) bond motifs is 1. The maximum absolute atomic E-state index is 14.0. The van der Waals surface area contributed by atoms with Gasteiger partial charge in [0.05, 0.1) is 24.9 Å². The van der Waals surface area contributed by atoms with Crippen LogP contribution in [0.25, 0.3) is 11.0 Å². The van der Waals surface area contributed by atoms with Crippen molar-refractivity contribution in [3.05, 3.63) is 72.0 Å². The minimum Gasteiger partial charge on any atom is -0.464 e. The molecule has 5 nitrogen and oxygen atoms in total. The van der Waals surface area contributed by atoms with Gasteiger partial charge in [-0.1, -0.05) is 42.5 Å². The van der Waals surface area contributed by atoms with Crippen molar-refractivity contribution in [2.45, 2.75) is 24.7 Å². The lowest BCUT2D eigenvalue weighted by molar-refractivity contribution is -0.141. The summed E-state index contributed by atoms with van der Waals surface area (Å²) >= 11 is 0. The molecule has 1 aromatic heterocycles. The Balaban J connectivity index is 1.39. The number of hydrogen-bond donors (Lipinski definition) is 0. The lowest BCUT2D eigenvalue weighted by atomic mass is 9.73. The number of benzene rings is 2. The number of nitrogens with zero attached hydrogens (tertiary/aromatic N) is 1. The molecule has 2 aliphatic rings. The number of ether oxygens (including phenoxy) is 2. The molecule has 162 valence electrons. The average molecular weight is 420 g/mol. The van der Waals surface area contributed by atoms with Crippen molar-refractivity contribution in [2.75, 3.05) is 39.5 Å². The topological polar surface area (TPSA) is 51.9 Å². The second kappa shape index (κ2) is 8.85. The van der Waals surface area contributed by atoms with Gasteiger partial charge in [-0.25, -0.2) is 0 Å². The van der Waals surface area contributed by atoms with Crippen LogP contribution in [-0.2, 0) is 26.1 Å². The molecule has 5 heteroatoms. The van der Waals surface area contributed by atoms with Gasteiger partial charge in [0.25, 0.3) is 0 Å². The fraction of sp³-hybridized carbons (Fsp3) is 0.423. The van der Waals surface area contributed by atoms with Gasteiger partial charge in [0.2, 0.25) is 5.91 Å². The number of carbonyl (C=O) groups is 1. The molecular weight excluding hydrogens is 390 g/mol. The number of carbonyl (C=O) groups excluding carboxylic acids is 1. The second-order valence-corrected chi connectivity index (χ2v) is 8.71. The molecule has 0 radical (unpaired) electrons. The van der Waals surface area contributed by atoms with Crippen LogP contribution in [0.1, 0.15) is 24.0 Å². The van der Waals surface area contributed by atoms with E-state index in [-0.39, 0.29) is 11.8 Å². The van der Waals surface area contributed by atoms with E-state index in [1.807, 2.05) is 41.3 Å². The Hall–Kier alpha value is -2.63. The summed E-state index contributed by atoms with van der Waals surface area (Å²) in [6, 6.07) is 18.5. The average Bonchev–Trinajstić information content (AvgIpc) is 3.20. The Morgan fingerprint density at radius 3 is 2.65 bits per heavy atom. The number of rotatable bonds is 4. The van der Waals surface area contributed by atoms with E-state index < -0.39 is 5.41 Å². The Morgan fingerprint density at radius 1 is 0.968 bits per heavy atom.